The van der Waals surface area contributed by atoms with Crippen molar-refractivity contribution in [1.82, 2.24) is 0 Å². The molecule has 0 amide bonds. The van der Waals surface area contributed by atoms with Crippen molar-refractivity contribution in [2.75, 3.05) is 7.11 Å². The van der Waals surface area contributed by atoms with E-state index in [9.17, 15) is 9.50 Å². The van der Waals surface area contributed by atoms with Gasteiger partial charge in [-0.15, -0.1) is 0 Å². The Balaban J connectivity index is 1.92. The molecule has 0 aromatic heterocycles. The molecule has 3 heteroatoms. The number of methoxy groups -OCH3 is 1. The van der Waals surface area contributed by atoms with Crippen LogP contribution < -0.4 is 4.74 Å². The molecule has 0 saturated heterocycles. The molecule has 2 unspecified atom stereocenters. The number of fused-ring (bicyclic) bond motifs is 1. The first-order valence-corrected chi connectivity index (χ1v) is 6.30. The summed E-state index contributed by atoms with van der Waals surface area (Å²) in [5.74, 6) is -0.330. The van der Waals surface area contributed by atoms with Gasteiger partial charge in [-0.25, -0.2) is 4.39 Å². The molecule has 2 atom stereocenters. The van der Waals surface area contributed by atoms with Gasteiger partial charge in [0.25, 0.3) is 0 Å². The quantitative estimate of drug-likeness (QED) is 0.916. The van der Waals surface area contributed by atoms with Gasteiger partial charge in [0.05, 0.1) is 13.2 Å². The number of rotatable bonds is 3. The average Bonchev–Trinajstić information content (AvgIpc) is 2.40. The first-order chi connectivity index (χ1) is 9.22. The zero-order valence-electron chi connectivity index (χ0n) is 10.6. The van der Waals surface area contributed by atoms with Gasteiger partial charge in [-0.2, -0.15) is 0 Å². The lowest BCUT2D eigenvalue weighted by atomic mass is 9.73. The van der Waals surface area contributed by atoms with Gasteiger partial charge in [-0.3, -0.25) is 0 Å². The van der Waals surface area contributed by atoms with Crippen molar-refractivity contribution in [2.24, 2.45) is 0 Å². The van der Waals surface area contributed by atoms with E-state index in [0.717, 1.165) is 12.0 Å². The number of ether oxygens (including phenoxy) is 1. The monoisotopic (exact) mass is 258 g/mol. The van der Waals surface area contributed by atoms with Crippen LogP contribution in [-0.2, 0) is 6.42 Å². The summed E-state index contributed by atoms with van der Waals surface area (Å²) in [6.07, 6.45) is -0.0430. The van der Waals surface area contributed by atoms with Crippen LogP contribution in [0.4, 0.5) is 4.39 Å². The van der Waals surface area contributed by atoms with Gasteiger partial charge in [0.1, 0.15) is 0 Å². The number of aliphatic hydroxyl groups is 1. The molecule has 0 aliphatic heterocycles. The van der Waals surface area contributed by atoms with Crippen molar-refractivity contribution in [3.05, 3.63) is 65.0 Å². The van der Waals surface area contributed by atoms with E-state index in [4.69, 9.17) is 4.74 Å². The standard InChI is InChI=1S/C16H15FO2/c1-19-14-8-4-7-12(15(14)17)16(18)13-9-10-5-2-3-6-11(10)13/h2-8,13,16,18H,9H2,1H3. The molecule has 0 saturated carbocycles. The summed E-state index contributed by atoms with van der Waals surface area (Å²) in [4.78, 5) is 0. The minimum Gasteiger partial charge on any atom is -0.494 e. The van der Waals surface area contributed by atoms with Crippen LogP contribution in [0.3, 0.4) is 0 Å². The molecule has 3 rings (SSSR count). The number of hydrogen-bond donors (Lipinski definition) is 1. The van der Waals surface area contributed by atoms with Crippen molar-refractivity contribution < 1.29 is 14.2 Å². The number of benzene rings is 2. The summed E-state index contributed by atoms with van der Waals surface area (Å²) >= 11 is 0. The minimum atomic E-state index is -0.829. The number of halogens is 1. The van der Waals surface area contributed by atoms with Gasteiger partial charge >= 0.3 is 0 Å². The molecule has 19 heavy (non-hydrogen) atoms. The Kier molecular flexibility index (Phi) is 2.99. The van der Waals surface area contributed by atoms with Crippen LogP contribution in [0.15, 0.2) is 42.5 Å². The molecule has 0 fully saturated rings. The molecule has 0 heterocycles. The Morgan fingerprint density at radius 3 is 2.74 bits per heavy atom. The molecule has 1 aliphatic carbocycles. The fourth-order valence-corrected chi connectivity index (χ4v) is 2.71. The van der Waals surface area contributed by atoms with Crippen LogP contribution in [0.1, 0.15) is 28.7 Å². The minimum absolute atomic E-state index is 0.0298. The average molecular weight is 258 g/mol. The van der Waals surface area contributed by atoms with Crippen molar-refractivity contribution in [1.29, 1.82) is 0 Å². The molecule has 2 aromatic carbocycles. The van der Waals surface area contributed by atoms with Gasteiger partial charge < -0.3 is 9.84 Å². The lowest BCUT2D eigenvalue weighted by Crippen LogP contribution is -2.24. The Bertz CT molecular complexity index is 609. The van der Waals surface area contributed by atoms with Gasteiger partial charge in [0.15, 0.2) is 11.6 Å². The highest BCUT2D eigenvalue weighted by molar-refractivity contribution is 5.43. The van der Waals surface area contributed by atoms with Crippen LogP contribution in [0, 0.1) is 5.82 Å². The van der Waals surface area contributed by atoms with Crippen LogP contribution >= 0.6 is 0 Å². The van der Waals surface area contributed by atoms with Crippen LogP contribution in [0.25, 0.3) is 0 Å². The largest absolute Gasteiger partial charge is 0.494 e. The summed E-state index contributed by atoms with van der Waals surface area (Å²) in [5.41, 5.74) is 2.64. The lowest BCUT2D eigenvalue weighted by molar-refractivity contribution is 0.129. The molecule has 1 aliphatic rings. The summed E-state index contributed by atoms with van der Waals surface area (Å²) in [5, 5.41) is 10.4. The molecule has 98 valence electrons. The molecule has 0 spiro atoms. The zero-order chi connectivity index (χ0) is 13.4. The number of hydrogen-bond acceptors (Lipinski definition) is 2. The van der Waals surface area contributed by atoms with E-state index < -0.39 is 11.9 Å². The van der Waals surface area contributed by atoms with Crippen molar-refractivity contribution in [2.45, 2.75) is 18.4 Å². The zero-order valence-corrected chi connectivity index (χ0v) is 10.6. The van der Waals surface area contributed by atoms with E-state index >= 15 is 0 Å². The third-order valence-electron chi connectivity index (χ3n) is 3.81. The maximum absolute atomic E-state index is 14.1. The second-order valence-corrected chi connectivity index (χ2v) is 4.82. The fraction of sp³-hybridized carbons (Fsp3) is 0.250. The maximum Gasteiger partial charge on any atom is 0.170 e. The molecule has 0 bridgehead atoms. The lowest BCUT2D eigenvalue weighted by Gasteiger charge is -2.34. The summed E-state index contributed by atoms with van der Waals surface area (Å²) in [6.45, 7) is 0. The number of aliphatic hydroxyl groups excluding tert-OH is 1. The summed E-state index contributed by atoms with van der Waals surface area (Å²) in [7, 11) is 1.42. The van der Waals surface area contributed by atoms with Gasteiger partial charge in [-0.1, -0.05) is 36.4 Å². The highest BCUT2D eigenvalue weighted by atomic mass is 19.1. The predicted octanol–water partition coefficient (Wildman–Crippen LogP) is 3.21. The van der Waals surface area contributed by atoms with Gasteiger partial charge in [-0.05, 0) is 23.6 Å². The molecular formula is C16H15FO2. The van der Waals surface area contributed by atoms with Crippen molar-refractivity contribution in [3.8, 4) is 5.75 Å². The van der Waals surface area contributed by atoms with Crippen molar-refractivity contribution in [3.63, 3.8) is 0 Å². The van der Waals surface area contributed by atoms with E-state index in [-0.39, 0.29) is 11.7 Å². The van der Waals surface area contributed by atoms with E-state index in [2.05, 4.69) is 0 Å². The van der Waals surface area contributed by atoms with Crippen LogP contribution in [0.2, 0.25) is 0 Å². The Morgan fingerprint density at radius 2 is 2.00 bits per heavy atom. The highest BCUT2D eigenvalue weighted by Gasteiger charge is 2.34. The fourth-order valence-electron chi connectivity index (χ4n) is 2.71. The molecule has 0 radical (unpaired) electrons. The summed E-state index contributed by atoms with van der Waals surface area (Å²) in [6, 6.07) is 12.8. The smallest absolute Gasteiger partial charge is 0.170 e. The topological polar surface area (TPSA) is 29.5 Å². The Hall–Kier alpha value is -1.87. The Labute approximate surface area is 111 Å². The van der Waals surface area contributed by atoms with Gasteiger partial charge in [0, 0.05) is 11.5 Å². The Morgan fingerprint density at radius 1 is 1.21 bits per heavy atom. The second-order valence-electron chi connectivity index (χ2n) is 4.82. The first-order valence-electron chi connectivity index (χ1n) is 6.30. The van der Waals surface area contributed by atoms with Crippen molar-refractivity contribution >= 4 is 0 Å². The first kappa shape index (κ1) is 12.2. The maximum atomic E-state index is 14.1. The summed E-state index contributed by atoms with van der Waals surface area (Å²) < 4.78 is 19.1. The van der Waals surface area contributed by atoms with E-state index in [1.165, 1.54) is 12.7 Å². The van der Waals surface area contributed by atoms with Crippen LogP contribution in [-0.4, -0.2) is 12.2 Å². The third kappa shape index (κ3) is 1.90. The van der Waals surface area contributed by atoms with E-state index in [1.807, 2.05) is 24.3 Å². The molecule has 2 aromatic rings. The molecular weight excluding hydrogens is 243 g/mol. The predicted molar refractivity (Wildman–Crippen MR) is 70.8 cm³/mol. The molecule has 2 nitrogen and oxygen atoms in total. The van der Waals surface area contributed by atoms with E-state index in [1.54, 1.807) is 18.2 Å². The second kappa shape index (κ2) is 4.67. The normalized spacial score (nSPS) is 18.4. The SMILES string of the molecule is COc1cccc(C(O)C2Cc3ccccc32)c1F. The van der Waals surface area contributed by atoms with Gasteiger partial charge in [0.2, 0.25) is 0 Å². The molecule has 1 N–H and O–H groups in total. The van der Waals surface area contributed by atoms with Crippen LogP contribution in [0.5, 0.6) is 5.75 Å². The highest BCUT2D eigenvalue weighted by Crippen LogP contribution is 2.44. The van der Waals surface area contributed by atoms with E-state index in [0.29, 0.717) is 5.56 Å². The third-order valence-corrected chi connectivity index (χ3v) is 3.81.